The molecule has 0 saturated heterocycles. The number of benzene rings is 2. The number of methoxy groups -OCH3 is 1. The van der Waals surface area contributed by atoms with Gasteiger partial charge in [0, 0.05) is 18.3 Å². The lowest BCUT2D eigenvalue weighted by Crippen LogP contribution is -2.22. The zero-order chi connectivity index (χ0) is 25.9. The van der Waals surface area contributed by atoms with Crippen LogP contribution in [0, 0.1) is 0 Å². The number of hydrogen-bond acceptors (Lipinski definition) is 9. The molecule has 37 heavy (non-hydrogen) atoms. The molecule has 2 heterocycles. The predicted molar refractivity (Wildman–Crippen MR) is 138 cm³/mol. The van der Waals surface area contributed by atoms with E-state index >= 15 is 0 Å². The zero-order valence-electron chi connectivity index (χ0n) is 20.1. The van der Waals surface area contributed by atoms with Crippen molar-refractivity contribution in [1.82, 2.24) is 14.9 Å². The molecule has 0 radical (unpaired) electrons. The SMILES string of the molecule is CCc1ccc(OCC(N)=O)c(S(=O)(=O)Nc2noc3cc(Cn4cc(CN)cn4)cc(OC)c23)c1.Cl. The Morgan fingerprint density at radius 3 is 2.59 bits per heavy atom. The molecule has 0 aliphatic carbocycles. The van der Waals surface area contributed by atoms with Gasteiger partial charge in [-0.25, -0.2) is 8.42 Å². The Morgan fingerprint density at radius 1 is 1.16 bits per heavy atom. The first-order valence-electron chi connectivity index (χ1n) is 11.0. The topological polar surface area (TPSA) is 178 Å². The van der Waals surface area contributed by atoms with E-state index in [4.69, 9.17) is 25.5 Å². The molecule has 0 aliphatic heterocycles. The summed E-state index contributed by atoms with van der Waals surface area (Å²) in [7, 11) is -2.74. The number of fused-ring (bicyclic) bond motifs is 1. The summed E-state index contributed by atoms with van der Waals surface area (Å²) in [6.07, 6.45) is 4.11. The summed E-state index contributed by atoms with van der Waals surface area (Å²) in [5.74, 6) is -0.444. The van der Waals surface area contributed by atoms with E-state index in [1.54, 1.807) is 29.1 Å². The van der Waals surface area contributed by atoms with E-state index in [0.717, 1.165) is 16.7 Å². The molecule has 0 atom stereocenters. The van der Waals surface area contributed by atoms with E-state index < -0.39 is 22.5 Å². The van der Waals surface area contributed by atoms with Crippen LogP contribution in [0.3, 0.4) is 0 Å². The second-order valence-corrected chi connectivity index (χ2v) is 9.60. The van der Waals surface area contributed by atoms with E-state index in [1.807, 2.05) is 13.1 Å². The van der Waals surface area contributed by atoms with Crippen LogP contribution in [0.25, 0.3) is 11.0 Å². The fourth-order valence-electron chi connectivity index (χ4n) is 3.63. The number of amides is 1. The van der Waals surface area contributed by atoms with Crippen molar-refractivity contribution in [3.05, 3.63) is 59.4 Å². The maximum Gasteiger partial charge on any atom is 0.266 e. The number of nitrogens with zero attached hydrogens (tertiary/aromatic N) is 3. The molecule has 5 N–H and O–H groups in total. The molecule has 0 saturated carbocycles. The lowest BCUT2D eigenvalue weighted by atomic mass is 10.1. The molecule has 2 aromatic heterocycles. The van der Waals surface area contributed by atoms with Gasteiger partial charge in [0.1, 0.15) is 21.8 Å². The van der Waals surface area contributed by atoms with Gasteiger partial charge in [0.25, 0.3) is 15.9 Å². The highest BCUT2D eigenvalue weighted by molar-refractivity contribution is 7.92. The average molecular weight is 551 g/mol. The zero-order valence-corrected chi connectivity index (χ0v) is 21.8. The minimum Gasteiger partial charge on any atom is -0.496 e. The molecule has 0 bridgehead atoms. The third kappa shape index (κ3) is 6.13. The van der Waals surface area contributed by atoms with Crippen molar-refractivity contribution >= 4 is 45.1 Å². The summed E-state index contributed by atoms with van der Waals surface area (Å²) in [4.78, 5) is 11.0. The molecule has 12 nitrogen and oxygen atoms in total. The minimum absolute atomic E-state index is 0. The number of ether oxygens (including phenoxy) is 2. The maximum absolute atomic E-state index is 13.4. The number of anilines is 1. The highest BCUT2D eigenvalue weighted by atomic mass is 35.5. The van der Waals surface area contributed by atoms with Gasteiger partial charge in [0.15, 0.2) is 18.0 Å². The van der Waals surface area contributed by atoms with Crippen molar-refractivity contribution in [2.75, 3.05) is 18.4 Å². The van der Waals surface area contributed by atoms with Crippen LogP contribution in [0.4, 0.5) is 5.82 Å². The number of carbonyl (C=O) groups is 1. The Hall–Kier alpha value is -3.81. The number of aromatic nitrogens is 3. The number of rotatable bonds is 11. The number of hydrogen-bond donors (Lipinski definition) is 3. The third-order valence-electron chi connectivity index (χ3n) is 5.39. The van der Waals surface area contributed by atoms with Gasteiger partial charge in [-0.3, -0.25) is 14.2 Å². The number of aryl methyl sites for hydroxylation is 1. The fourth-order valence-corrected chi connectivity index (χ4v) is 4.83. The second kappa shape index (κ2) is 11.5. The van der Waals surface area contributed by atoms with Gasteiger partial charge in [-0.1, -0.05) is 18.1 Å². The monoisotopic (exact) mass is 550 g/mol. The molecule has 14 heteroatoms. The highest BCUT2D eigenvalue weighted by Gasteiger charge is 2.25. The van der Waals surface area contributed by atoms with Gasteiger partial charge in [-0.15, -0.1) is 12.4 Å². The molecule has 0 spiro atoms. The maximum atomic E-state index is 13.4. The van der Waals surface area contributed by atoms with Crippen molar-refractivity contribution < 1.29 is 27.2 Å². The van der Waals surface area contributed by atoms with Gasteiger partial charge in [-0.05, 0) is 41.8 Å². The van der Waals surface area contributed by atoms with Crippen LogP contribution in [0.5, 0.6) is 11.5 Å². The molecule has 2 aromatic carbocycles. The summed E-state index contributed by atoms with van der Waals surface area (Å²) in [5.41, 5.74) is 13.6. The smallest absolute Gasteiger partial charge is 0.266 e. The van der Waals surface area contributed by atoms with E-state index in [2.05, 4.69) is 15.0 Å². The van der Waals surface area contributed by atoms with E-state index in [9.17, 15) is 13.2 Å². The summed E-state index contributed by atoms with van der Waals surface area (Å²) < 4.78 is 47.2. The molecule has 0 aliphatic rings. The van der Waals surface area contributed by atoms with Crippen molar-refractivity contribution in [1.29, 1.82) is 0 Å². The summed E-state index contributed by atoms with van der Waals surface area (Å²) in [6, 6.07) is 8.14. The van der Waals surface area contributed by atoms with Crippen molar-refractivity contribution in [2.45, 2.75) is 31.3 Å². The summed E-state index contributed by atoms with van der Waals surface area (Å²) in [6.45, 7) is 2.21. The lowest BCUT2D eigenvalue weighted by molar-refractivity contribution is -0.120. The van der Waals surface area contributed by atoms with Crippen molar-refractivity contribution in [3.63, 3.8) is 0 Å². The van der Waals surface area contributed by atoms with Crippen molar-refractivity contribution in [3.8, 4) is 11.5 Å². The molecule has 198 valence electrons. The van der Waals surface area contributed by atoms with Crippen LogP contribution in [0.2, 0.25) is 0 Å². The van der Waals surface area contributed by atoms with Crippen LogP contribution >= 0.6 is 12.4 Å². The van der Waals surface area contributed by atoms with Gasteiger partial charge >= 0.3 is 0 Å². The largest absolute Gasteiger partial charge is 0.496 e. The minimum atomic E-state index is -4.20. The van der Waals surface area contributed by atoms with E-state index in [1.165, 1.54) is 19.2 Å². The highest BCUT2D eigenvalue weighted by Crippen LogP contribution is 2.36. The number of nitrogens with two attached hydrogens (primary N) is 2. The van der Waals surface area contributed by atoms with Crippen LogP contribution in [-0.4, -0.2) is 43.0 Å². The molecule has 4 rings (SSSR count). The third-order valence-corrected chi connectivity index (χ3v) is 6.75. The average Bonchev–Trinajstić information content (AvgIpc) is 3.48. The number of sulfonamides is 1. The first-order valence-corrected chi connectivity index (χ1v) is 12.5. The van der Waals surface area contributed by atoms with Gasteiger partial charge in [-0.2, -0.15) is 5.10 Å². The molecule has 4 aromatic rings. The number of carbonyl (C=O) groups excluding carboxylic acids is 1. The number of nitrogens with one attached hydrogen (secondary N) is 1. The van der Waals surface area contributed by atoms with E-state index in [-0.39, 0.29) is 28.9 Å². The molecule has 1 amide bonds. The fraction of sp³-hybridized carbons (Fsp3) is 0.261. The Balaban J connectivity index is 0.00000380. The van der Waals surface area contributed by atoms with Gasteiger partial charge < -0.3 is 25.5 Å². The van der Waals surface area contributed by atoms with Gasteiger partial charge in [0.05, 0.1) is 19.9 Å². The molecular weight excluding hydrogens is 524 g/mol. The van der Waals surface area contributed by atoms with Crippen molar-refractivity contribution in [2.24, 2.45) is 11.5 Å². The van der Waals surface area contributed by atoms with E-state index in [0.29, 0.717) is 36.2 Å². The number of primary amides is 1. The van der Waals surface area contributed by atoms with Crippen LogP contribution in [-0.2, 0) is 34.3 Å². The molecule has 0 fully saturated rings. The summed E-state index contributed by atoms with van der Waals surface area (Å²) >= 11 is 0. The standard InChI is InChI=1S/C23H26N6O6S.ClH/c1-3-14-4-5-17(34-13-21(25)30)20(8-14)36(31,32)28-23-22-18(33-2)6-15(7-19(22)35-27-23)11-29-12-16(9-24)10-26-29;/h4-8,10,12H,3,9,11,13,24H2,1-2H3,(H2,25,30)(H,27,28);1H. The second-order valence-electron chi connectivity index (χ2n) is 7.95. The quantitative estimate of drug-likeness (QED) is 0.252. The normalized spacial score (nSPS) is 11.2. The number of halogens is 1. The first-order chi connectivity index (χ1) is 17.2. The Morgan fingerprint density at radius 2 is 1.95 bits per heavy atom. The first kappa shape index (κ1) is 27.8. The molecular formula is C23H27ClN6O6S. The van der Waals surface area contributed by atoms with Crippen LogP contribution < -0.4 is 25.7 Å². The molecule has 0 unspecified atom stereocenters. The van der Waals surface area contributed by atoms with Crippen LogP contribution in [0.1, 0.15) is 23.6 Å². The Labute approximate surface area is 219 Å². The van der Waals surface area contributed by atoms with Crippen LogP contribution in [0.15, 0.2) is 52.1 Å². The van der Waals surface area contributed by atoms with Gasteiger partial charge in [0.2, 0.25) is 0 Å². The lowest BCUT2D eigenvalue weighted by Gasteiger charge is -2.13. The Kier molecular flexibility index (Phi) is 8.63. The predicted octanol–water partition coefficient (Wildman–Crippen LogP) is 2.19. The summed E-state index contributed by atoms with van der Waals surface area (Å²) in [5, 5.41) is 8.54. The Bertz CT molecular complexity index is 1520.